The lowest BCUT2D eigenvalue weighted by molar-refractivity contribution is 0.190. The van der Waals surface area contributed by atoms with Crippen molar-refractivity contribution in [2.75, 3.05) is 19.6 Å². The predicted molar refractivity (Wildman–Crippen MR) is 107 cm³/mol. The summed E-state index contributed by atoms with van der Waals surface area (Å²) in [7, 11) is 0. The molecule has 1 aliphatic rings. The van der Waals surface area contributed by atoms with Gasteiger partial charge in [0.25, 0.3) is 0 Å². The predicted octanol–water partition coefficient (Wildman–Crippen LogP) is 5.05. The quantitative estimate of drug-likeness (QED) is 0.650. The first-order valence-electron chi connectivity index (χ1n) is 9.20. The summed E-state index contributed by atoms with van der Waals surface area (Å²) < 4.78 is 2.39. The summed E-state index contributed by atoms with van der Waals surface area (Å²) in [6.45, 7) is 3.34. The largest absolute Gasteiger partial charge is 0.344 e. The van der Waals surface area contributed by atoms with Gasteiger partial charge in [0.05, 0.1) is 11.6 Å². The molecule has 3 aromatic rings. The van der Waals surface area contributed by atoms with Crippen LogP contribution in [0.3, 0.4) is 0 Å². The van der Waals surface area contributed by atoms with Crippen LogP contribution in [0.2, 0.25) is 5.02 Å². The van der Waals surface area contributed by atoms with E-state index in [0.29, 0.717) is 6.04 Å². The number of nitriles is 1. The molecule has 0 unspecified atom stereocenters. The van der Waals surface area contributed by atoms with Gasteiger partial charge in [-0.3, -0.25) is 0 Å². The molecule has 0 atom stereocenters. The summed E-state index contributed by atoms with van der Waals surface area (Å²) in [6, 6.07) is 19.0. The summed E-state index contributed by atoms with van der Waals surface area (Å²) in [5.41, 5.74) is 3.27. The lowest BCUT2D eigenvalue weighted by Gasteiger charge is -2.33. The summed E-state index contributed by atoms with van der Waals surface area (Å²) in [5.74, 6) is 0. The molecule has 0 amide bonds. The number of benzene rings is 2. The highest BCUT2D eigenvalue weighted by Gasteiger charge is 2.21. The minimum atomic E-state index is 0.544. The van der Waals surface area contributed by atoms with Crippen molar-refractivity contribution in [3.05, 3.63) is 70.9 Å². The van der Waals surface area contributed by atoms with Crippen LogP contribution >= 0.6 is 11.6 Å². The van der Waals surface area contributed by atoms with E-state index >= 15 is 0 Å². The Morgan fingerprint density at radius 2 is 1.92 bits per heavy atom. The number of nitrogens with zero attached hydrogens (tertiary/aromatic N) is 3. The van der Waals surface area contributed by atoms with Crippen LogP contribution in [-0.2, 0) is 6.42 Å². The second-order valence-electron chi connectivity index (χ2n) is 7.06. The van der Waals surface area contributed by atoms with Crippen LogP contribution < -0.4 is 0 Å². The fourth-order valence-electron chi connectivity index (χ4n) is 3.95. The highest BCUT2D eigenvalue weighted by molar-refractivity contribution is 6.30. The number of halogens is 1. The maximum atomic E-state index is 9.06. The van der Waals surface area contributed by atoms with E-state index in [9.17, 15) is 0 Å². The maximum absolute atomic E-state index is 9.06. The Labute approximate surface area is 159 Å². The normalized spacial score (nSPS) is 16.0. The number of rotatable bonds is 4. The maximum Gasteiger partial charge on any atom is 0.0991 e. The summed E-state index contributed by atoms with van der Waals surface area (Å²) in [5, 5.41) is 11.0. The minimum Gasteiger partial charge on any atom is -0.344 e. The molecule has 1 fully saturated rings. The fourth-order valence-corrected chi connectivity index (χ4v) is 4.17. The lowest BCUT2D eigenvalue weighted by Crippen LogP contribution is -2.35. The Bertz CT molecular complexity index is 945. The Balaban J connectivity index is 1.37. The highest BCUT2D eigenvalue weighted by Crippen LogP contribution is 2.28. The van der Waals surface area contributed by atoms with Crippen LogP contribution in [0.15, 0.2) is 54.7 Å². The first-order valence-corrected chi connectivity index (χ1v) is 9.58. The molecule has 0 aliphatic carbocycles. The van der Waals surface area contributed by atoms with Crippen molar-refractivity contribution in [2.24, 2.45) is 0 Å². The lowest BCUT2D eigenvalue weighted by atomic mass is 10.0. The number of piperidine rings is 1. The molecule has 0 spiro atoms. The molecule has 0 bridgehead atoms. The van der Waals surface area contributed by atoms with Crippen molar-refractivity contribution in [3.8, 4) is 6.07 Å². The molecule has 4 heteroatoms. The second kappa shape index (κ2) is 7.53. The zero-order valence-electron chi connectivity index (χ0n) is 14.7. The molecule has 1 saturated heterocycles. The second-order valence-corrected chi connectivity index (χ2v) is 7.50. The zero-order valence-corrected chi connectivity index (χ0v) is 15.5. The molecule has 0 N–H and O–H groups in total. The number of fused-ring (bicyclic) bond motifs is 1. The van der Waals surface area contributed by atoms with Crippen molar-refractivity contribution in [1.29, 1.82) is 5.26 Å². The van der Waals surface area contributed by atoms with Crippen molar-refractivity contribution >= 4 is 22.5 Å². The molecular formula is C22H22ClN3. The Kier molecular flexibility index (Phi) is 4.97. The molecule has 26 heavy (non-hydrogen) atoms. The Morgan fingerprint density at radius 3 is 2.69 bits per heavy atom. The first-order chi connectivity index (χ1) is 12.7. The third-order valence-electron chi connectivity index (χ3n) is 5.41. The van der Waals surface area contributed by atoms with Gasteiger partial charge in [-0.2, -0.15) is 5.26 Å². The van der Waals surface area contributed by atoms with Gasteiger partial charge in [-0.05, 0) is 61.2 Å². The third kappa shape index (κ3) is 3.62. The Morgan fingerprint density at radius 1 is 1.08 bits per heavy atom. The van der Waals surface area contributed by atoms with Gasteiger partial charge < -0.3 is 9.47 Å². The van der Waals surface area contributed by atoms with E-state index in [1.807, 2.05) is 24.3 Å². The van der Waals surface area contributed by atoms with Gasteiger partial charge in [-0.25, -0.2) is 0 Å². The van der Waals surface area contributed by atoms with Crippen LogP contribution in [0.5, 0.6) is 0 Å². The van der Waals surface area contributed by atoms with E-state index in [2.05, 4.69) is 46.0 Å². The first kappa shape index (κ1) is 17.1. The Hall–Kier alpha value is -2.28. The average molecular weight is 364 g/mol. The third-order valence-corrected chi connectivity index (χ3v) is 5.64. The summed E-state index contributed by atoms with van der Waals surface area (Å²) in [4.78, 5) is 2.55. The van der Waals surface area contributed by atoms with Crippen LogP contribution in [0.4, 0.5) is 0 Å². The van der Waals surface area contributed by atoms with Crippen LogP contribution in [-0.4, -0.2) is 29.1 Å². The van der Waals surface area contributed by atoms with Crippen LogP contribution in [0, 0.1) is 11.3 Å². The van der Waals surface area contributed by atoms with E-state index in [4.69, 9.17) is 16.9 Å². The average Bonchev–Trinajstić information content (AvgIpc) is 3.10. The van der Waals surface area contributed by atoms with Crippen molar-refractivity contribution in [3.63, 3.8) is 0 Å². The molecule has 2 heterocycles. The van der Waals surface area contributed by atoms with Crippen molar-refractivity contribution in [1.82, 2.24) is 9.47 Å². The molecule has 2 aromatic carbocycles. The van der Waals surface area contributed by atoms with Gasteiger partial charge >= 0.3 is 0 Å². The molecule has 4 rings (SSSR count). The van der Waals surface area contributed by atoms with E-state index < -0.39 is 0 Å². The summed E-state index contributed by atoms with van der Waals surface area (Å²) in [6.07, 6.45) is 5.56. The van der Waals surface area contributed by atoms with E-state index in [1.165, 1.54) is 23.9 Å². The molecule has 132 valence electrons. The van der Waals surface area contributed by atoms with Gasteiger partial charge in [-0.15, -0.1) is 0 Å². The minimum absolute atomic E-state index is 0.544. The SMILES string of the molecule is N#Cc1ccc2c(ccn2C2CCN(CCc3cccc(Cl)c3)CC2)c1. The highest BCUT2D eigenvalue weighted by atomic mass is 35.5. The summed E-state index contributed by atoms with van der Waals surface area (Å²) >= 11 is 6.08. The van der Waals surface area contributed by atoms with E-state index in [-0.39, 0.29) is 0 Å². The van der Waals surface area contributed by atoms with E-state index in [1.54, 1.807) is 0 Å². The van der Waals surface area contributed by atoms with E-state index in [0.717, 1.165) is 42.0 Å². The molecule has 1 aliphatic heterocycles. The topological polar surface area (TPSA) is 32.0 Å². The monoisotopic (exact) mass is 363 g/mol. The van der Waals surface area contributed by atoms with Crippen molar-refractivity contribution in [2.45, 2.75) is 25.3 Å². The van der Waals surface area contributed by atoms with Crippen molar-refractivity contribution < 1.29 is 0 Å². The van der Waals surface area contributed by atoms with Gasteiger partial charge in [-0.1, -0.05) is 23.7 Å². The van der Waals surface area contributed by atoms with Gasteiger partial charge in [0.1, 0.15) is 0 Å². The molecular weight excluding hydrogens is 342 g/mol. The van der Waals surface area contributed by atoms with Crippen LogP contribution in [0.25, 0.3) is 10.9 Å². The number of likely N-dealkylation sites (tertiary alicyclic amines) is 1. The molecule has 3 nitrogen and oxygen atoms in total. The standard InChI is InChI=1S/C22H22ClN3/c23-20-3-1-2-17(15-20)6-10-25-11-8-21(9-12-25)26-13-7-19-14-18(16-24)4-5-22(19)26/h1-5,7,13-15,21H,6,8-12H2. The smallest absolute Gasteiger partial charge is 0.0991 e. The number of aromatic nitrogens is 1. The number of hydrogen-bond acceptors (Lipinski definition) is 2. The van der Waals surface area contributed by atoms with Crippen LogP contribution in [0.1, 0.15) is 30.0 Å². The van der Waals surface area contributed by atoms with Gasteiger partial charge in [0.15, 0.2) is 0 Å². The number of hydrogen-bond donors (Lipinski definition) is 0. The molecule has 1 aromatic heterocycles. The van der Waals surface area contributed by atoms with Gasteiger partial charge in [0.2, 0.25) is 0 Å². The molecule has 0 saturated carbocycles. The zero-order chi connectivity index (χ0) is 17.9. The fraction of sp³-hybridized carbons (Fsp3) is 0.318. The van der Waals surface area contributed by atoms with Gasteiger partial charge in [0, 0.05) is 47.8 Å². The molecule has 0 radical (unpaired) electrons.